The second kappa shape index (κ2) is 11.6. The van der Waals surface area contributed by atoms with Crippen LogP contribution in [0.15, 0.2) is 86.0 Å². The van der Waals surface area contributed by atoms with Crippen LogP contribution in [0.3, 0.4) is 0 Å². The van der Waals surface area contributed by atoms with Gasteiger partial charge in [-0.2, -0.15) is 0 Å². The zero-order valence-corrected chi connectivity index (χ0v) is 20.1. The Morgan fingerprint density at radius 1 is 1.03 bits per heavy atom. The molecule has 2 saturated heterocycles. The number of nitrogens with zero attached hydrogens (tertiary/aromatic N) is 1. The number of fused-ring (bicyclic) bond motifs is 1. The topological polar surface area (TPSA) is 66.5 Å². The Hall–Kier alpha value is -2.97. The summed E-state index contributed by atoms with van der Waals surface area (Å²) >= 11 is 0. The molecule has 0 radical (unpaired) electrons. The molecule has 5 atom stereocenters. The van der Waals surface area contributed by atoms with Crippen molar-refractivity contribution in [3.63, 3.8) is 0 Å². The van der Waals surface area contributed by atoms with Gasteiger partial charge in [0, 0.05) is 13.7 Å². The van der Waals surface area contributed by atoms with Crippen LogP contribution in [0, 0.1) is 0 Å². The molecule has 2 aliphatic rings. The van der Waals surface area contributed by atoms with E-state index in [0.717, 1.165) is 11.1 Å². The first-order chi connectivity index (χ1) is 17.1. The fourth-order valence-corrected chi connectivity index (χ4v) is 4.94. The Labute approximate surface area is 206 Å². The smallest absolute Gasteiger partial charge is 0.411 e. The normalized spacial score (nSPS) is 26.3. The van der Waals surface area contributed by atoms with E-state index in [9.17, 15) is 4.79 Å². The number of amides is 1. The van der Waals surface area contributed by atoms with Crippen molar-refractivity contribution in [2.45, 2.75) is 49.8 Å². The van der Waals surface area contributed by atoms with Crippen molar-refractivity contribution in [2.24, 2.45) is 0 Å². The highest BCUT2D eigenvalue weighted by atomic mass is 16.7. The third kappa shape index (κ3) is 5.18. The molecule has 0 aromatic heterocycles. The predicted octanol–water partition coefficient (Wildman–Crippen LogP) is 4.48. The molecular weight excluding hydrogens is 446 g/mol. The van der Waals surface area contributed by atoms with Gasteiger partial charge in [0.25, 0.3) is 0 Å². The average molecular weight is 480 g/mol. The van der Waals surface area contributed by atoms with Crippen LogP contribution in [0.25, 0.3) is 0 Å². The fourth-order valence-electron chi connectivity index (χ4n) is 4.94. The van der Waals surface area contributed by atoms with E-state index in [1.165, 1.54) is 0 Å². The van der Waals surface area contributed by atoms with Crippen molar-refractivity contribution < 1.29 is 28.5 Å². The van der Waals surface area contributed by atoms with Crippen LogP contribution in [-0.4, -0.2) is 61.4 Å². The van der Waals surface area contributed by atoms with Gasteiger partial charge in [-0.25, -0.2) is 4.79 Å². The molecule has 1 amide bonds. The first-order valence-corrected chi connectivity index (χ1v) is 11.8. The van der Waals surface area contributed by atoms with Crippen LogP contribution in [0.1, 0.15) is 17.5 Å². The quantitative estimate of drug-likeness (QED) is 0.395. The summed E-state index contributed by atoms with van der Waals surface area (Å²) in [6.45, 7) is 9.13. The summed E-state index contributed by atoms with van der Waals surface area (Å²) in [4.78, 5) is 14.6. The van der Waals surface area contributed by atoms with Gasteiger partial charge in [0.2, 0.25) is 0 Å². The molecule has 35 heavy (non-hydrogen) atoms. The number of carbonyl (C=O) groups excluding carboxylic acids is 1. The molecule has 0 spiro atoms. The molecule has 7 nitrogen and oxygen atoms in total. The first-order valence-electron chi connectivity index (χ1n) is 11.8. The van der Waals surface area contributed by atoms with E-state index >= 15 is 0 Å². The van der Waals surface area contributed by atoms with Gasteiger partial charge in [0.15, 0.2) is 12.4 Å². The summed E-state index contributed by atoms with van der Waals surface area (Å²) in [6.07, 6.45) is 0.987. The minimum absolute atomic E-state index is 0.255. The third-order valence-electron chi connectivity index (χ3n) is 6.52. The molecule has 0 bridgehead atoms. The van der Waals surface area contributed by atoms with Gasteiger partial charge in [-0.1, -0.05) is 72.8 Å². The summed E-state index contributed by atoms with van der Waals surface area (Å²) in [7, 11) is 1.54. The number of benzene rings is 2. The van der Waals surface area contributed by atoms with E-state index in [1.54, 1.807) is 24.2 Å². The van der Waals surface area contributed by atoms with Crippen LogP contribution in [0.2, 0.25) is 0 Å². The van der Waals surface area contributed by atoms with Crippen LogP contribution >= 0.6 is 0 Å². The Morgan fingerprint density at radius 3 is 2.29 bits per heavy atom. The summed E-state index contributed by atoms with van der Waals surface area (Å²) in [5.74, 6) is 0. The molecule has 2 aromatic rings. The standard InChI is InChI=1S/C28H33NO6/c1-4-16-28-24(34-26(31-3)25(28)35-27(30)29(28)17-5-2)23(33-19-22-14-10-7-11-15-22)20-32-18-21-12-8-6-9-13-21/h4-15,23-26H,1-2,16-20H2,3H3/t23-,24-,25+,26-,28-/m1/s1. The minimum Gasteiger partial charge on any atom is -0.438 e. The summed E-state index contributed by atoms with van der Waals surface area (Å²) in [6, 6.07) is 19.9. The first kappa shape index (κ1) is 25.1. The van der Waals surface area contributed by atoms with E-state index < -0.39 is 36.2 Å². The highest BCUT2D eigenvalue weighted by molar-refractivity contribution is 5.73. The summed E-state index contributed by atoms with van der Waals surface area (Å²) in [5, 5.41) is 0. The number of hydrogen-bond donors (Lipinski definition) is 0. The molecule has 0 unspecified atom stereocenters. The van der Waals surface area contributed by atoms with Crippen LogP contribution in [-0.2, 0) is 36.9 Å². The van der Waals surface area contributed by atoms with E-state index in [-0.39, 0.29) is 6.61 Å². The molecule has 4 rings (SSSR count). The molecule has 2 heterocycles. The molecule has 0 saturated carbocycles. The van der Waals surface area contributed by atoms with E-state index in [2.05, 4.69) is 13.2 Å². The van der Waals surface area contributed by atoms with Gasteiger partial charge in [-0.15, -0.1) is 13.2 Å². The number of carbonyl (C=O) groups is 1. The SMILES string of the molecule is C=CCN1C(=O)O[C@H]2[C@H](OC)O[C@H]([C@@H](COCc3ccccc3)OCc3ccccc3)[C@]21CC=C. The monoisotopic (exact) mass is 479 g/mol. The molecule has 0 N–H and O–H groups in total. The lowest BCUT2D eigenvalue weighted by Crippen LogP contribution is -2.60. The number of hydrogen-bond acceptors (Lipinski definition) is 6. The molecule has 186 valence electrons. The van der Waals surface area contributed by atoms with Crippen LogP contribution in [0.4, 0.5) is 4.79 Å². The van der Waals surface area contributed by atoms with Gasteiger partial charge in [0.05, 0.1) is 19.8 Å². The van der Waals surface area contributed by atoms with Gasteiger partial charge in [-0.05, 0) is 17.5 Å². The highest BCUT2D eigenvalue weighted by Crippen LogP contribution is 2.48. The molecule has 7 heteroatoms. The second-order valence-corrected chi connectivity index (χ2v) is 8.68. The Kier molecular flexibility index (Phi) is 8.36. The Balaban J connectivity index is 1.63. The predicted molar refractivity (Wildman–Crippen MR) is 132 cm³/mol. The van der Waals surface area contributed by atoms with Crippen molar-refractivity contribution in [1.82, 2.24) is 4.90 Å². The largest absolute Gasteiger partial charge is 0.438 e. The number of rotatable bonds is 13. The maximum atomic E-state index is 12.9. The Morgan fingerprint density at radius 2 is 1.69 bits per heavy atom. The maximum absolute atomic E-state index is 12.9. The van der Waals surface area contributed by atoms with Crippen molar-refractivity contribution in [3.8, 4) is 0 Å². The van der Waals surface area contributed by atoms with E-state index in [0.29, 0.717) is 26.2 Å². The van der Waals surface area contributed by atoms with Gasteiger partial charge in [0.1, 0.15) is 17.7 Å². The molecule has 2 aromatic carbocycles. The highest BCUT2D eigenvalue weighted by Gasteiger charge is 2.68. The lowest BCUT2D eigenvalue weighted by Gasteiger charge is -2.40. The lowest BCUT2D eigenvalue weighted by atomic mass is 9.81. The Bertz CT molecular complexity index is 983. The van der Waals surface area contributed by atoms with Crippen molar-refractivity contribution in [3.05, 3.63) is 97.1 Å². The maximum Gasteiger partial charge on any atom is 0.411 e. The van der Waals surface area contributed by atoms with Gasteiger partial charge >= 0.3 is 6.09 Å². The van der Waals surface area contributed by atoms with Gasteiger partial charge in [-0.3, -0.25) is 4.90 Å². The van der Waals surface area contributed by atoms with Crippen LogP contribution in [0.5, 0.6) is 0 Å². The minimum atomic E-state index is -0.870. The van der Waals surface area contributed by atoms with Crippen molar-refractivity contribution in [1.29, 1.82) is 0 Å². The zero-order chi connectivity index (χ0) is 24.7. The lowest BCUT2D eigenvalue weighted by molar-refractivity contribution is -0.185. The van der Waals surface area contributed by atoms with Crippen molar-refractivity contribution >= 4 is 6.09 Å². The van der Waals surface area contributed by atoms with Gasteiger partial charge < -0.3 is 23.7 Å². The molecule has 2 aliphatic heterocycles. The summed E-state index contributed by atoms with van der Waals surface area (Å²) in [5.41, 5.74) is 1.21. The third-order valence-corrected chi connectivity index (χ3v) is 6.52. The second-order valence-electron chi connectivity index (χ2n) is 8.68. The number of ether oxygens (including phenoxy) is 5. The fraction of sp³-hybridized carbons (Fsp3) is 0.393. The molecule has 0 aliphatic carbocycles. The van der Waals surface area contributed by atoms with E-state index in [4.69, 9.17) is 23.7 Å². The van der Waals surface area contributed by atoms with E-state index in [1.807, 2.05) is 60.7 Å². The number of methoxy groups -OCH3 is 1. The molecule has 2 fully saturated rings. The van der Waals surface area contributed by atoms with Crippen molar-refractivity contribution in [2.75, 3.05) is 20.3 Å². The van der Waals surface area contributed by atoms with Crippen LogP contribution < -0.4 is 0 Å². The zero-order valence-electron chi connectivity index (χ0n) is 20.1. The molecular formula is C28H33NO6. The summed E-state index contributed by atoms with van der Waals surface area (Å²) < 4.78 is 30.3. The average Bonchev–Trinajstić information content (AvgIpc) is 3.33.